The van der Waals surface area contributed by atoms with Gasteiger partial charge in [-0.3, -0.25) is 9.59 Å². The smallest absolute Gasteiger partial charge is 0.227 e. The van der Waals surface area contributed by atoms with Crippen molar-refractivity contribution in [1.29, 1.82) is 0 Å². The van der Waals surface area contributed by atoms with E-state index in [0.29, 0.717) is 18.8 Å². The molecule has 1 atom stereocenters. The number of hydrogen-bond donors (Lipinski definition) is 3. The molecule has 1 unspecified atom stereocenters. The zero-order valence-electron chi connectivity index (χ0n) is 12.4. The molecular weight excluding hydrogens is 302 g/mol. The Hall–Kier alpha value is -1.59. The normalized spacial score (nSPS) is 20.2. The Morgan fingerprint density at radius 3 is 2.77 bits per heavy atom. The van der Waals surface area contributed by atoms with E-state index in [0.717, 1.165) is 37.3 Å². The Bertz CT molecular complexity index is 546. The van der Waals surface area contributed by atoms with Gasteiger partial charge < -0.3 is 16.0 Å². The number of amides is 2. The first-order valence-corrected chi connectivity index (χ1v) is 7.58. The standard InChI is InChI=1S/C16H21N3O2.ClH/c20-15(18-10-11-8-17-9-11)6-5-13-7-12-3-1-2-4-14(12)19-16(13)21;/h1-4,11,13,17H,5-10H2,(H,18,20)(H,19,21);1H. The zero-order chi connectivity index (χ0) is 14.7. The van der Waals surface area contributed by atoms with Crippen LogP contribution in [0, 0.1) is 11.8 Å². The van der Waals surface area contributed by atoms with Gasteiger partial charge in [-0.1, -0.05) is 18.2 Å². The molecule has 0 spiro atoms. The summed E-state index contributed by atoms with van der Waals surface area (Å²) in [6.45, 7) is 2.72. The molecule has 0 aliphatic carbocycles. The molecule has 5 nitrogen and oxygen atoms in total. The van der Waals surface area contributed by atoms with E-state index in [1.807, 2.05) is 24.3 Å². The van der Waals surface area contributed by atoms with Crippen molar-refractivity contribution >= 4 is 29.9 Å². The zero-order valence-corrected chi connectivity index (χ0v) is 13.2. The van der Waals surface area contributed by atoms with Crippen molar-refractivity contribution in [3.05, 3.63) is 29.8 Å². The van der Waals surface area contributed by atoms with Crippen molar-refractivity contribution in [3.8, 4) is 0 Å². The molecule has 3 rings (SSSR count). The summed E-state index contributed by atoms with van der Waals surface area (Å²) in [5, 5.41) is 9.05. The van der Waals surface area contributed by atoms with E-state index in [2.05, 4.69) is 16.0 Å². The summed E-state index contributed by atoms with van der Waals surface area (Å²) in [5.74, 6) is 0.549. The fraction of sp³-hybridized carbons (Fsp3) is 0.500. The lowest BCUT2D eigenvalue weighted by molar-refractivity contribution is -0.123. The Kier molecular flexibility index (Phi) is 5.80. The van der Waals surface area contributed by atoms with Gasteiger partial charge in [0.15, 0.2) is 0 Å². The molecular formula is C16H22ClN3O2. The summed E-state index contributed by atoms with van der Waals surface area (Å²) >= 11 is 0. The predicted molar refractivity (Wildman–Crippen MR) is 88.1 cm³/mol. The molecule has 6 heteroatoms. The molecule has 2 aliphatic rings. The van der Waals surface area contributed by atoms with Crippen molar-refractivity contribution < 1.29 is 9.59 Å². The van der Waals surface area contributed by atoms with Gasteiger partial charge in [0.2, 0.25) is 11.8 Å². The van der Waals surface area contributed by atoms with Crippen LogP contribution in [0.3, 0.4) is 0 Å². The van der Waals surface area contributed by atoms with Crippen LogP contribution in [0.25, 0.3) is 0 Å². The summed E-state index contributed by atoms with van der Waals surface area (Å²) in [6.07, 6.45) is 1.75. The number of carbonyl (C=O) groups is 2. The molecule has 1 aromatic carbocycles. The average molecular weight is 324 g/mol. The summed E-state index contributed by atoms with van der Waals surface area (Å²) in [4.78, 5) is 23.9. The van der Waals surface area contributed by atoms with Crippen LogP contribution in [-0.2, 0) is 16.0 Å². The molecule has 120 valence electrons. The van der Waals surface area contributed by atoms with Crippen LogP contribution >= 0.6 is 12.4 Å². The van der Waals surface area contributed by atoms with Crippen molar-refractivity contribution in [2.75, 3.05) is 25.0 Å². The van der Waals surface area contributed by atoms with Gasteiger partial charge >= 0.3 is 0 Å². The largest absolute Gasteiger partial charge is 0.356 e. The van der Waals surface area contributed by atoms with Crippen LogP contribution in [0.15, 0.2) is 24.3 Å². The molecule has 0 aromatic heterocycles. The minimum absolute atomic E-state index is 0. The quantitative estimate of drug-likeness (QED) is 0.765. The van der Waals surface area contributed by atoms with Gasteiger partial charge in [0.1, 0.15) is 0 Å². The number of para-hydroxylation sites is 1. The van der Waals surface area contributed by atoms with Gasteiger partial charge in [0, 0.05) is 43.6 Å². The number of carbonyl (C=O) groups excluding carboxylic acids is 2. The second-order valence-electron chi connectivity index (χ2n) is 5.91. The summed E-state index contributed by atoms with van der Waals surface area (Å²) < 4.78 is 0. The van der Waals surface area contributed by atoms with Crippen molar-refractivity contribution in [2.45, 2.75) is 19.3 Å². The summed E-state index contributed by atoms with van der Waals surface area (Å²) in [6, 6.07) is 7.85. The topological polar surface area (TPSA) is 70.2 Å². The molecule has 1 saturated heterocycles. The highest BCUT2D eigenvalue weighted by Gasteiger charge is 2.26. The molecule has 2 amide bonds. The third-order valence-electron chi connectivity index (χ3n) is 4.29. The number of nitrogens with one attached hydrogen (secondary N) is 3. The molecule has 1 fully saturated rings. The first kappa shape index (κ1) is 16.8. The Morgan fingerprint density at radius 2 is 2.05 bits per heavy atom. The molecule has 0 bridgehead atoms. The lowest BCUT2D eigenvalue weighted by Gasteiger charge is -2.27. The molecule has 22 heavy (non-hydrogen) atoms. The number of hydrogen-bond acceptors (Lipinski definition) is 3. The first-order chi connectivity index (χ1) is 10.2. The maximum Gasteiger partial charge on any atom is 0.227 e. The van der Waals surface area contributed by atoms with Crippen LogP contribution in [0.2, 0.25) is 0 Å². The summed E-state index contributed by atoms with van der Waals surface area (Å²) in [5.41, 5.74) is 2.06. The maximum atomic E-state index is 12.0. The maximum absolute atomic E-state index is 12.0. The number of halogens is 1. The SMILES string of the molecule is Cl.O=C(CCC1Cc2ccccc2NC1=O)NCC1CNC1. The molecule has 0 radical (unpaired) electrons. The highest BCUT2D eigenvalue weighted by molar-refractivity contribution is 5.96. The number of rotatable bonds is 5. The second-order valence-corrected chi connectivity index (χ2v) is 5.91. The summed E-state index contributed by atoms with van der Waals surface area (Å²) in [7, 11) is 0. The fourth-order valence-electron chi connectivity index (χ4n) is 2.79. The molecule has 2 aliphatic heterocycles. The van der Waals surface area contributed by atoms with Crippen LogP contribution in [0.5, 0.6) is 0 Å². The van der Waals surface area contributed by atoms with E-state index in [4.69, 9.17) is 0 Å². The number of anilines is 1. The minimum atomic E-state index is -0.101. The van der Waals surface area contributed by atoms with Gasteiger partial charge in [-0.25, -0.2) is 0 Å². The minimum Gasteiger partial charge on any atom is -0.356 e. The van der Waals surface area contributed by atoms with E-state index in [1.165, 1.54) is 0 Å². The highest BCUT2D eigenvalue weighted by atomic mass is 35.5. The first-order valence-electron chi connectivity index (χ1n) is 7.58. The lowest BCUT2D eigenvalue weighted by atomic mass is 9.89. The van der Waals surface area contributed by atoms with E-state index in [9.17, 15) is 9.59 Å². The Balaban J connectivity index is 0.00000176. The van der Waals surface area contributed by atoms with Crippen molar-refractivity contribution in [2.24, 2.45) is 11.8 Å². The second kappa shape index (κ2) is 7.61. The van der Waals surface area contributed by atoms with Gasteiger partial charge in [-0.05, 0) is 24.5 Å². The average Bonchev–Trinajstić information content (AvgIpc) is 2.43. The van der Waals surface area contributed by atoms with Gasteiger partial charge in [-0.2, -0.15) is 0 Å². The molecule has 2 heterocycles. The molecule has 0 saturated carbocycles. The monoisotopic (exact) mass is 323 g/mol. The van der Waals surface area contributed by atoms with E-state index < -0.39 is 0 Å². The lowest BCUT2D eigenvalue weighted by Crippen LogP contribution is -2.48. The fourth-order valence-corrected chi connectivity index (χ4v) is 2.79. The Morgan fingerprint density at radius 1 is 1.27 bits per heavy atom. The number of benzene rings is 1. The third kappa shape index (κ3) is 3.99. The van der Waals surface area contributed by atoms with Crippen molar-refractivity contribution in [1.82, 2.24) is 10.6 Å². The Labute approximate surface area is 136 Å². The van der Waals surface area contributed by atoms with Crippen LogP contribution in [-0.4, -0.2) is 31.4 Å². The van der Waals surface area contributed by atoms with Gasteiger partial charge in [0.25, 0.3) is 0 Å². The third-order valence-corrected chi connectivity index (χ3v) is 4.29. The van der Waals surface area contributed by atoms with Crippen LogP contribution in [0.1, 0.15) is 18.4 Å². The molecule has 3 N–H and O–H groups in total. The van der Waals surface area contributed by atoms with Crippen molar-refractivity contribution in [3.63, 3.8) is 0 Å². The molecule has 1 aromatic rings. The van der Waals surface area contributed by atoms with E-state index in [-0.39, 0.29) is 30.1 Å². The highest BCUT2D eigenvalue weighted by Crippen LogP contribution is 2.27. The predicted octanol–water partition coefficient (Wildman–Crippen LogP) is 1.33. The number of fused-ring (bicyclic) bond motifs is 1. The van der Waals surface area contributed by atoms with Crippen LogP contribution in [0.4, 0.5) is 5.69 Å². The van der Waals surface area contributed by atoms with Crippen LogP contribution < -0.4 is 16.0 Å². The van der Waals surface area contributed by atoms with E-state index >= 15 is 0 Å². The van der Waals surface area contributed by atoms with E-state index in [1.54, 1.807) is 0 Å². The van der Waals surface area contributed by atoms with Gasteiger partial charge in [-0.15, -0.1) is 12.4 Å². The van der Waals surface area contributed by atoms with Gasteiger partial charge in [0.05, 0.1) is 0 Å².